The van der Waals surface area contributed by atoms with Crippen LogP contribution in [0, 0.1) is 5.82 Å². The Labute approximate surface area is 157 Å². The normalized spacial score (nSPS) is 10.5. The molecular formula is C18H13ClF2N4O2. The number of anilines is 3. The predicted molar refractivity (Wildman–Crippen MR) is 99.7 cm³/mol. The van der Waals surface area contributed by atoms with E-state index in [1.165, 1.54) is 37.7 Å². The third-order valence-electron chi connectivity index (χ3n) is 3.63. The van der Waals surface area contributed by atoms with E-state index < -0.39 is 17.6 Å². The third kappa shape index (κ3) is 3.95. The Morgan fingerprint density at radius 2 is 2.04 bits per heavy atom. The summed E-state index contributed by atoms with van der Waals surface area (Å²) in [6, 6.07) is 7.22. The van der Waals surface area contributed by atoms with E-state index in [0.717, 1.165) is 0 Å². The van der Waals surface area contributed by atoms with Crippen molar-refractivity contribution in [2.24, 2.45) is 0 Å². The molecule has 138 valence electrons. The van der Waals surface area contributed by atoms with E-state index >= 15 is 0 Å². The minimum atomic E-state index is -1.14. The van der Waals surface area contributed by atoms with Crippen molar-refractivity contribution in [3.8, 4) is 5.75 Å². The highest BCUT2D eigenvalue weighted by molar-refractivity contribution is 6.31. The average Bonchev–Trinajstić information content (AvgIpc) is 2.64. The molecule has 0 saturated carbocycles. The summed E-state index contributed by atoms with van der Waals surface area (Å²) in [5.74, 6) is -2.02. The number of hydrogen-bond acceptors (Lipinski definition) is 5. The number of aromatic nitrogens is 2. The van der Waals surface area contributed by atoms with Gasteiger partial charge in [-0.2, -0.15) is 0 Å². The lowest BCUT2D eigenvalue weighted by Crippen LogP contribution is -2.12. The number of methoxy groups -OCH3 is 1. The molecule has 2 N–H and O–H groups in total. The van der Waals surface area contributed by atoms with Crippen LogP contribution in [0.4, 0.5) is 26.0 Å². The van der Waals surface area contributed by atoms with Gasteiger partial charge in [-0.25, -0.2) is 18.7 Å². The van der Waals surface area contributed by atoms with Crippen LogP contribution >= 0.6 is 11.6 Å². The lowest BCUT2D eigenvalue weighted by molar-refractivity contribution is -0.114. The van der Waals surface area contributed by atoms with Crippen LogP contribution in [-0.4, -0.2) is 23.0 Å². The molecule has 1 amide bonds. The summed E-state index contributed by atoms with van der Waals surface area (Å²) in [6.07, 6.45) is 1.33. The Kier molecular flexibility index (Phi) is 5.18. The number of nitrogens with one attached hydrogen (secondary N) is 2. The van der Waals surface area contributed by atoms with Gasteiger partial charge in [0.05, 0.1) is 23.3 Å². The van der Waals surface area contributed by atoms with Crippen LogP contribution in [0.15, 0.2) is 49.1 Å². The van der Waals surface area contributed by atoms with Crippen molar-refractivity contribution in [3.63, 3.8) is 0 Å². The van der Waals surface area contributed by atoms with E-state index in [1.807, 2.05) is 0 Å². The van der Waals surface area contributed by atoms with Crippen molar-refractivity contribution in [1.29, 1.82) is 0 Å². The number of carbonyl (C=O) groups is 1. The van der Waals surface area contributed by atoms with Crippen molar-refractivity contribution >= 4 is 45.6 Å². The lowest BCUT2D eigenvalue weighted by Gasteiger charge is -2.13. The molecule has 9 heteroatoms. The second-order valence-corrected chi connectivity index (χ2v) is 5.81. The number of rotatable bonds is 5. The van der Waals surface area contributed by atoms with Gasteiger partial charge in [0.15, 0.2) is 5.83 Å². The maximum Gasteiger partial charge on any atom is 0.283 e. The Morgan fingerprint density at radius 1 is 1.26 bits per heavy atom. The molecule has 0 aliphatic carbocycles. The molecule has 0 atom stereocenters. The number of amides is 1. The molecule has 0 aliphatic heterocycles. The molecule has 0 bridgehead atoms. The summed E-state index contributed by atoms with van der Waals surface area (Å²) >= 11 is 5.79. The molecule has 0 unspecified atom stereocenters. The quantitative estimate of drug-likeness (QED) is 0.623. The number of hydrogen-bond donors (Lipinski definition) is 2. The Balaban J connectivity index is 2.06. The first kappa shape index (κ1) is 18.5. The van der Waals surface area contributed by atoms with Gasteiger partial charge in [0.2, 0.25) is 0 Å². The highest BCUT2D eigenvalue weighted by Gasteiger charge is 2.14. The first-order valence-electron chi connectivity index (χ1n) is 7.59. The van der Waals surface area contributed by atoms with Crippen molar-refractivity contribution in [2.45, 2.75) is 0 Å². The van der Waals surface area contributed by atoms with E-state index in [0.29, 0.717) is 22.4 Å². The first-order chi connectivity index (χ1) is 12.9. The fourth-order valence-electron chi connectivity index (χ4n) is 2.35. The fourth-order valence-corrected chi connectivity index (χ4v) is 2.53. The van der Waals surface area contributed by atoms with Gasteiger partial charge in [0.25, 0.3) is 5.91 Å². The molecule has 0 spiro atoms. The highest BCUT2D eigenvalue weighted by Crippen LogP contribution is 2.33. The molecule has 3 aromatic rings. The summed E-state index contributed by atoms with van der Waals surface area (Å²) in [6.45, 7) is 2.96. The van der Waals surface area contributed by atoms with Crippen molar-refractivity contribution in [2.75, 3.05) is 17.7 Å². The molecule has 27 heavy (non-hydrogen) atoms. The van der Waals surface area contributed by atoms with Crippen LogP contribution in [0.25, 0.3) is 10.9 Å². The molecular weight excluding hydrogens is 378 g/mol. The van der Waals surface area contributed by atoms with E-state index in [2.05, 4.69) is 27.2 Å². The van der Waals surface area contributed by atoms with Gasteiger partial charge in [-0.1, -0.05) is 18.2 Å². The molecule has 6 nitrogen and oxygen atoms in total. The predicted octanol–water partition coefficient (Wildman–Crippen LogP) is 4.60. The fraction of sp³-hybridized carbons (Fsp3) is 0.0556. The van der Waals surface area contributed by atoms with Gasteiger partial charge in [0.1, 0.15) is 23.7 Å². The van der Waals surface area contributed by atoms with Crippen LogP contribution < -0.4 is 15.4 Å². The summed E-state index contributed by atoms with van der Waals surface area (Å²) in [7, 11) is 1.40. The van der Waals surface area contributed by atoms with Crippen LogP contribution in [0.1, 0.15) is 0 Å². The molecule has 1 aromatic heterocycles. The van der Waals surface area contributed by atoms with Crippen LogP contribution in [0.5, 0.6) is 5.75 Å². The van der Waals surface area contributed by atoms with Crippen LogP contribution in [0.2, 0.25) is 5.02 Å². The summed E-state index contributed by atoms with van der Waals surface area (Å²) in [4.78, 5) is 19.9. The minimum Gasteiger partial charge on any atom is -0.494 e. The van der Waals surface area contributed by atoms with E-state index in [9.17, 15) is 13.6 Å². The van der Waals surface area contributed by atoms with Gasteiger partial charge < -0.3 is 15.4 Å². The maximum atomic E-state index is 13.3. The molecule has 0 radical (unpaired) electrons. The Bertz CT molecular complexity index is 1060. The summed E-state index contributed by atoms with van der Waals surface area (Å²) < 4.78 is 31.6. The SMILES string of the molecule is C=C(F)C(=O)Nc1cc2c(Nc3ccc(F)c(Cl)c3)ncnc2cc1OC. The number of carbonyl (C=O) groups excluding carboxylic acids is 1. The van der Waals surface area contributed by atoms with E-state index in [1.54, 1.807) is 6.07 Å². The van der Waals surface area contributed by atoms with Gasteiger partial charge in [-0.15, -0.1) is 0 Å². The molecule has 1 heterocycles. The summed E-state index contributed by atoms with van der Waals surface area (Å²) in [5.41, 5.74) is 1.22. The average molecular weight is 391 g/mol. The van der Waals surface area contributed by atoms with E-state index in [-0.39, 0.29) is 16.5 Å². The van der Waals surface area contributed by atoms with Gasteiger partial charge in [-0.05, 0) is 24.3 Å². The van der Waals surface area contributed by atoms with Crippen molar-refractivity contribution in [3.05, 3.63) is 59.9 Å². The zero-order chi connectivity index (χ0) is 19.6. The summed E-state index contributed by atoms with van der Waals surface area (Å²) in [5, 5.41) is 5.84. The Morgan fingerprint density at radius 3 is 2.70 bits per heavy atom. The van der Waals surface area contributed by atoms with Crippen molar-refractivity contribution < 1.29 is 18.3 Å². The Hall–Kier alpha value is -3.26. The molecule has 0 saturated heterocycles. The van der Waals surface area contributed by atoms with Gasteiger partial charge >= 0.3 is 0 Å². The number of halogens is 3. The second-order valence-electron chi connectivity index (χ2n) is 5.40. The third-order valence-corrected chi connectivity index (χ3v) is 3.92. The number of benzene rings is 2. The molecule has 0 fully saturated rings. The van der Waals surface area contributed by atoms with Crippen LogP contribution in [0.3, 0.4) is 0 Å². The van der Waals surface area contributed by atoms with Crippen molar-refractivity contribution in [1.82, 2.24) is 9.97 Å². The topological polar surface area (TPSA) is 76.1 Å². The first-order valence-corrected chi connectivity index (χ1v) is 7.97. The van der Waals surface area contributed by atoms with E-state index in [4.69, 9.17) is 16.3 Å². The second kappa shape index (κ2) is 7.55. The molecule has 0 aliphatic rings. The van der Waals surface area contributed by atoms with Gasteiger partial charge in [-0.3, -0.25) is 4.79 Å². The van der Waals surface area contributed by atoms with Crippen LogP contribution in [-0.2, 0) is 4.79 Å². The molecule has 3 rings (SSSR count). The lowest BCUT2D eigenvalue weighted by atomic mass is 10.1. The van der Waals surface area contributed by atoms with Gasteiger partial charge in [0, 0.05) is 17.1 Å². The number of nitrogens with zero attached hydrogens (tertiary/aromatic N) is 2. The molecule has 2 aromatic carbocycles. The zero-order valence-corrected chi connectivity index (χ0v) is 14.8. The zero-order valence-electron chi connectivity index (χ0n) is 14.0. The highest BCUT2D eigenvalue weighted by atomic mass is 35.5. The standard InChI is InChI=1S/C18H13ClF2N4O2/c1-9(20)18(26)25-15-6-11-14(7-16(15)27-2)22-8-23-17(11)24-10-3-4-13(21)12(19)5-10/h3-8H,1H2,2H3,(H,25,26)(H,22,23,24). The number of ether oxygens (including phenoxy) is 1. The number of fused-ring (bicyclic) bond motifs is 1. The smallest absolute Gasteiger partial charge is 0.283 e. The monoisotopic (exact) mass is 390 g/mol. The maximum absolute atomic E-state index is 13.3. The largest absolute Gasteiger partial charge is 0.494 e. The minimum absolute atomic E-state index is 0.0468.